The molecular formula is C26H27N5O4. The van der Waals surface area contributed by atoms with Gasteiger partial charge in [0.25, 0.3) is 5.91 Å². The lowest BCUT2D eigenvalue weighted by Crippen LogP contribution is -2.40. The predicted octanol–water partition coefficient (Wildman–Crippen LogP) is 2.46. The van der Waals surface area contributed by atoms with E-state index in [0.29, 0.717) is 34.4 Å². The molecule has 3 aromatic carbocycles. The van der Waals surface area contributed by atoms with Gasteiger partial charge in [0.2, 0.25) is 0 Å². The highest BCUT2D eigenvalue weighted by Gasteiger charge is 2.17. The van der Waals surface area contributed by atoms with E-state index in [1.54, 1.807) is 72.8 Å². The van der Waals surface area contributed by atoms with Gasteiger partial charge in [-0.15, -0.1) is 0 Å². The maximum absolute atomic E-state index is 12.9. The van der Waals surface area contributed by atoms with Crippen LogP contribution in [0.5, 0.6) is 5.75 Å². The van der Waals surface area contributed by atoms with Crippen LogP contribution < -0.4 is 21.5 Å². The van der Waals surface area contributed by atoms with Crippen LogP contribution in [-0.4, -0.2) is 43.3 Å². The van der Waals surface area contributed by atoms with Gasteiger partial charge in [-0.3, -0.25) is 15.6 Å². The van der Waals surface area contributed by atoms with Crippen molar-refractivity contribution in [2.75, 3.05) is 13.7 Å². The quantitative estimate of drug-likeness (QED) is 0.172. The first-order chi connectivity index (χ1) is 16.8. The summed E-state index contributed by atoms with van der Waals surface area (Å²) in [6.07, 6.45) is 0.436. The Balaban J connectivity index is 1.76. The number of amides is 1. The summed E-state index contributed by atoms with van der Waals surface area (Å²) in [7, 11) is 1.32. The van der Waals surface area contributed by atoms with Crippen molar-refractivity contribution < 1.29 is 19.1 Å². The van der Waals surface area contributed by atoms with Gasteiger partial charge in [-0.2, -0.15) is 0 Å². The number of benzene rings is 3. The van der Waals surface area contributed by atoms with Crippen molar-refractivity contribution in [3.05, 3.63) is 101 Å². The average molecular weight is 474 g/mol. The largest absolute Gasteiger partial charge is 0.491 e. The first-order valence-electron chi connectivity index (χ1n) is 10.8. The Hall–Kier alpha value is -4.66. The number of hydrogen-bond acceptors (Lipinski definition) is 6. The lowest BCUT2D eigenvalue weighted by Gasteiger charge is -2.20. The molecule has 0 unspecified atom stereocenters. The molecule has 0 radical (unpaired) electrons. The van der Waals surface area contributed by atoms with Crippen LogP contribution >= 0.6 is 0 Å². The van der Waals surface area contributed by atoms with Crippen molar-refractivity contribution >= 4 is 23.5 Å². The fraction of sp³-hybridized carbons (Fsp3) is 0.154. The van der Waals surface area contributed by atoms with Crippen LogP contribution in [0.15, 0.2) is 72.8 Å². The molecule has 0 fully saturated rings. The number of esters is 1. The molecule has 7 N–H and O–H groups in total. The lowest BCUT2D eigenvalue weighted by molar-refractivity contribution is 0.0600. The molecular weight excluding hydrogens is 446 g/mol. The van der Waals surface area contributed by atoms with Crippen LogP contribution in [-0.2, 0) is 11.2 Å². The summed E-state index contributed by atoms with van der Waals surface area (Å²) in [5.41, 5.74) is 13.8. The van der Waals surface area contributed by atoms with Crippen molar-refractivity contribution in [2.45, 2.75) is 12.5 Å². The second kappa shape index (κ2) is 11.5. The van der Waals surface area contributed by atoms with Crippen LogP contribution in [0, 0.1) is 10.8 Å². The molecule has 3 aromatic rings. The summed E-state index contributed by atoms with van der Waals surface area (Å²) in [5, 5.41) is 18.1. The van der Waals surface area contributed by atoms with E-state index in [-0.39, 0.29) is 24.2 Å². The topological polar surface area (TPSA) is 164 Å². The van der Waals surface area contributed by atoms with E-state index < -0.39 is 12.0 Å². The monoisotopic (exact) mass is 473 g/mol. The normalized spacial score (nSPS) is 11.2. The van der Waals surface area contributed by atoms with E-state index in [1.165, 1.54) is 7.11 Å². The minimum Gasteiger partial charge on any atom is -0.491 e. The van der Waals surface area contributed by atoms with Gasteiger partial charge in [0.15, 0.2) is 0 Å². The minimum absolute atomic E-state index is 0.0694. The highest BCUT2D eigenvalue weighted by Crippen LogP contribution is 2.15. The molecule has 1 amide bonds. The van der Waals surface area contributed by atoms with Gasteiger partial charge < -0.3 is 26.3 Å². The molecule has 0 aliphatic carbocycles. The maximum Gasteiger partial charge on any atom is 0.337 e. The SMILES string of the molecule is COC(=O)c1ccc(C[C@H](COc2cccc(C(=N)N)c2)NC(=O)c2ccc(C(=N)N)cc2)cc1. The highest BCUT2D eigenvalue weighted by atomic mass is 16.5. The van der Waals surface area contributed by atoms with Crippen LogP contribution in [0.3, 0.4) is 0 Å². The number of hydrogen-bond donors (Lipinski definition) is 5. The van der Waals surface area contributed by atoms with E-state index in [1.807, 2.05) is 0 Å². The molecule has 0 aromatic heterocycles. The van der Waals surface area contributed by atoms with E-state index in [2.05, 4.69) is 5.32 Å². The van der Waals surface area contributed by atoms with E-state index in [4.69, 9.17) is 31.8 Å². The number of carbonyl (C=O) groups is 2. The number of methoxy groups -OCH3 is 1. The second-order valence-corrected chi connectivity index (χ2v) is 7.81. The smallest absolute Gasteiger partial charge is 0.337 e. The predicted molar refractivity (Wildman–Crippen MR) is 133 cm³/mol. The average Bonchev–Trinajstić information content (AvgIpc) is 2.87. The summed E-state index contributed by atoms with van der Waals surface area (Å²) in [6, 6.07) is 19.8. The number of amidine groups is 2. The van der Waals surface area contributed by atoms with Gasteiger partial charge in [-0.1, -0.05) is 36.4 Å². The molecule has 0 aliphatic heterocycles. The first kappa shape index (κ1) is 25.0. The first-order valence-corrected chi connectivity index (χ1v) is 10.8. The van der Waals surface area contributed by atoms with Crippen LogP contribution in [0.4, 0.5) is 0 Å². The summed E-state index contributed by atoms with van der Waals surface area (Å²) < 4.78 is 10.6. The zero-order valence-corrected chi connectivity index (χ0v) is 19.2. The van der Waals surface area contributed by atoms with Crippen LogP contribution in [0.25, 0.3) is 0 Å². The van der Waals surface area contributed by atoms with Gasteiger partial charge >= 0.3 is 5.97 Å². The van der Waals surface area contributed by atoms with Crippen molar-refractivity contribution in [1.82, 2.24) is 5.32 Å². The minimum atomic E-state index is -0.427. The molecule has 0 saturated heterocycles. The van der Waals surface area contributed by atoms with Crippen molar-refractivity contribution in [1.29, 1.82) is 10.8 Å². The van der Waals surface area contributed by atoms with Gasteiger partial charge in [-0.25, -0.2) is 4.79 Å². The number of rotatable bonds is 10. The summed E-state index contributed by atoms with van der Waals surface area (Å²) in [4.78, 5) is 24.6. The summed E-state index contributed by atoms with van der Waals surface area (Å²) >= 11 is 0. The van der Waals surface area contributed by atoms with Gasteiger partial charge in [0, 0.05) is 16.7 Å². The van der Waals surface area contributed by atoms with E-state index in [9.17, 15) is 9.59 Å². The van der Waals surface area contributed by atoms with Crippen molar-refractivity contribution in [3.63, 3.8) is 0 Å². The number of nitrogens with two attached hydrogens (primary N) is 2. The number of nitrogens with one attached hydrogen (secondary N) is 3. The highest BCUT2D eigenvalue weighted by molar-refractivity contribution is 5.98. The zero-order chi connectivity index (χ0) is 25.4. The molecule has 0 spiro atoms. The summed E-state index contributed by atoms with van der Waals surface area (Å²) in [5.74, 6) is -0.364. The van der Waals surface area contributed by atoms with Crippen LogP contribution in [0.2, 0.25) is 0 Å². The molecule has 9 heteroatoms. The van der Waals surface area contributed by atoms with Crippen molar-refractivity contribution in [3.8, 4) is 5.75 Å². The molecule has 0 heterocycles. The van der Waals surface area contributed by atoms with Gasteiger partial charge in [0.1, 0.15) is 24.0 Å². The Morgan fingerprint density at radius 3 is 2.06 bits per heavy atom. The van der Waals surface area contributed by atoms with Gasteiger partial charge in [-0.05, 0) is 48.4 Å². The summed E-state index contributed by atoms with van der Waals surface area (Å²) in [6.45, 7) is 0.150. The third-order valence-corrected chi connectivity index (χ3v) is 5.25. The number of carbonyl (C=O) groups excluding carboxylic acids is 2. The fourth-order valence-corrected chi connectivity index (χ4v) is 3.35. The fourth-order valence-electron chi connectivity index (χ4n) is 3.35. The lowest BCUT2D eigenvalue weighted by atomic mass is 10.0. The Labute approximate surface area is 203 Å². The molecule has 3 rings (SSSR count). The molecule has 0 aliphatic rings. The zero-order valence-electron chi connectivity index (χ0n) is 19.2. The Morgan fingerprint density at radius 1 is 0.857 bits per heavy atom. The Bertz CT molecular complexity index is 1220. The molecule has 0 saturated carbocycles. The number of nitrogen functional groups attached to an aromatic ring is 2. The number of ether oxygens (including phenoxy) is 2. The molecule has 180 valence electrons. The third kappa shape index (κ3) is 6.91. The standard InChI is InChI=1S/C26H27N5O4/c1-34-26(33)19-7-5-16(6-8-19)13-21(15-35-22-4-2-3-20(14-22)24(29)30)31-25(32)18-11-9-17(10-12-18)23(27)28/h2-12,14,21H,13,15H2,1H3,(H3,27,28)(H3,29,30)(H,31,32)/t21-/m1/s1. The van der Waals surface area contributed by atoms with E-state index in [0.717, 1.165) is 5.56 Å². The maximum atomic E-state index is 12.9. The Kier molecular flexibility index (Phi) is 8.18. The molecule has 0 bridgehead atoms. The molecule has 9 nitrogen and oxygen atoms in total. The van der Waals surface area contributed by atoms with Crippen molar-refractivity contribution in [2.24, 2.45) is 11.5 Å². The second-order valence-electron chi connectivity index (χ2n) is 7.81. The molecule has 1 atom stereocenters. The van der Waals surface area contributed by atoms with E-state index >= 15 is 0 Å². The molecule has 35 heavy (non-hydrogen) atoms. The third-order valence-electron chi connectivity index (χ3n) is 5.25. The van der Waals surface area contributed by atoms with Crippen LogP contribution in [0.1, 0.15) is 37.4 Å². The Morgan fingerprint density at radius 2 is 1.46 bits per heavy atom. The van der Waals surface area contributed by atoms with Gasteiger partial charge in [0.05, 0.1) is 18.7 Å².